The van der Waals surface area contributed by atoms with E-state index in [1.807, 2.05) is 0 Å². The van der Waals surface area contributed by atoms with E-state index in [1.165, 1.54) is 43.1 Å². The molecule has 0 saturated heterocycles. The minimum atomic E-state index is -0.346. The van der Waals surface area contributed by atoms with Gasteiger partial charge in [-0.1, -0.05) is 25.1 Å². The first kappa shape index (κ1) is 11.8. The van der Waals surface area contributed by atoms with Gasteiger partial charge in [0.2, 0.25) is 0 Å². The van der Waals surface area contributed by atoms with Crippen molar-refractivity contribution in [3.8, 4) is 0 Å². The van der Waals surface area contributed by atoms with Gasteiger partial charge < -0.3 is 4.74 Å². The summed E-state index contributed by atoms with van der Waals surface area (Å²) in [5.74, 6) is 0.345. The van der Waals surface area contributed by atoms with Crippen LogP contribution in [0.1, 0.15) is 42.9 Å². The number of carbonyl (C=O) groups excluding carboxylic acids is 1. The summed E-state index contributed by atoms with van der Waals surface area (Å²) in [6.07, 6.45) is 5.85. The first-order chi connectivity index (χ1) is 8.68. The van der Waals surface area contributed by atoms with Crippen LogP contribution in [0.15, 0.2) is 18.2 Å². The monoisotopic (exact) mass is 244 g/mol. The van der Waals surface area contributed by atoms with Crippen LogP contribution in [0.5, 0.6) is 0 Å². The van der Waals surface area contributed by atoms with Gasteiger partial charge in [-0.3, -0.25) is 4.79 Å². The van der Waals surface area contributed by atoms with Crippen molar-refractivity contribution in [3.63, 3.8) is 0 Å². The van der Waals surface area contributed by atoms with Gasteiger partial charge in [0.05, 0.1) is 12.5 Å². The highest BCUT2D eigenvalue weighted by molar-refractivity contribution is 5.87. The van der Waals surface area contributed by atoms with Crippen molar-refractivity contribution >= 4 is 5.97 Å². The Morgan fingerprint density at radius 3 is 2.56 bits per heavy atom. The van der Waals surface area contributed by atoms with Gasteiger partial charge in [0.25, 0.3) is 0 Å². The number of rotatable bonds is 2. The average molecular weight is 244 g/mol. The number of esters is 1. The van der Waals surface area contributed by atoms with Gasteiger partial charge in [0, 0.05) is 0 Å². The lowest BCUT2D eigenvalue weighted by atomic mass is 9.85. The SMILES string of the molecule is COC(=O)C1(c2ccc3c(c2)CCCC3)CC1C. The number of carbonyl (C=O) groups is 1. The van der Waals surface area contributed by atoms with Gasteiger partial charge in [-0.15, -0.1) is 0 Å². The number of hydrogen-bond acceptors (Lipinski definition) is 2. The molecule has 18 heavy (non-hydrogen) atoms. The molecule has 0 amide bonds. The summed E-state index contributed by atoms with van der Waals surface area (Å²) in [5, 5.41) is 0. The second kappa shape index (κ2) is 4.11. The van der Waals surface area contributed by atoms with Gasteiger partial charge in [-0.05, 0) is 54.7 Å². The van der Waals surface area contributed by atoms with Gasteiger partial charge in [0.1, 0.15) is 0 Å². The minimum absolute atomic E-state index is 0.0641. The van der Waals surface area contributed by atoms with E-state index in [-0.39, 0.29) is 11.4 Å². The van der Waals surface area contributed by atoms with Crippen LogP contribution in [0.2, 0.25) is 0 Å². The lowest BCUT2D eigenvalue weighted by Crippen LogP contribution is -2.24. The second-order valence-corrected chi connectivity index (χ2v) is 5.76. The van der Waals surface area contributed by atoms with Crippen LogP contribution in [0.25, 0.3) is 0 Å². The Labute approximate surface area is 108 Å². The summed E-state index contributed by atoms with van der Waals surface area (Å²) in [7, 11) is 1.49. The Morgan fingerprint density at radius 2 is 1.94 bits per heavy atom. The third kappa shape index (κ3) is 1.58. The Kier molecular flexibility index (Phi) is 2.69. The highest BCUT2D eigenvalue weighted by atomic mass is 16.5. The first-order valence-electron chi connectivity index (χ1n) is 6.89. The minimum Gasteiger partial charge on any atom is -0.468 e. The molecule has 0 N–H and O–H groups in total. The maximum absolute atomic E-state index is 12.1. The summed E-state index contributed by atoms with van der Waals surface area (Å²) >= 11 is 0. The first-order valence-corrected chi connectivity index (χ1v) is 6.89. The van der Waals surface area contributed by atoms with Crippen LogP contribution >= 0.6 is 0 Å². The number of ether oxygens (including phenoxy) is 1. The van der Waals surface area contributed by atoms with E-state index in [4.69, 9.17) is 4.74 Å². The molecule has 1 aromatic carbocycles. The highest BCUT2D eigenvalue weighted by Crippen LogP contribution is 2.55. The topological polar surface area (TPSA) is 26.3 Å². The Bertz CT molecular complexity index is 492. The Hall–Kier alpha value is -1.31. The van der Waals surface area contributed by atoms with Crippen LogP contribution in [-0.2, 0) is 27.8 Å². The van der Waals surface area contributed by atoms with Gasteiger partial charge in [0.15, 0.2) is 0 Å². The van der Waals surface area contributed by atoms with Crippen molar-refractivity contribution < 1.29 is 9.53 Å². The molecule has 0 radical (unpaired) electrons. The molecule has 2 aliphatic carbocycles. The van der Waals surface area contributed by atoms with Gasteiger partial charge in [-0.2, -0.15) is 0 Å². The molecular weight excluding hydrogens is 224 g/mol. The molecule has 0 aromatic heterocycles. The smallest absolute Gasteiger partial charge is 0.316 e. The van der Waals surface area contributed by atoms with E-state index in [0.717, 1.165) is 12.8 Å². The summed E-state index contributed by atoms with van der Waals surface area (Å²) in [4.78, 5) is 12.1. The molecule has 2 aliphatic rings. The molecule has 0 spiro atoms. The third-order valence-electron chi connectivity index (χ3n) is 4.72. The number of benzene rings is 1. The normalized spacial score (nSPS) is 29.6. The summed E-state index contributed by atoms with van der Waals surface area (Å²) in [5.41, 5.74) is 3.74. The fourth-order valence-electron chi connectivity index (χ4n) is 3.42. The number of fused-ring (bicyclic) bond motifs is 1. The second-order valence-electron chi connectivity index (χ2n) is 5.76. The Balaban J connectivity index is 1.99. The zero-order valence-corrected chi connectivity index (χ0v) is 11.2. The van der Waals surface area contributed by atoms with E-state index in [0.29, 0.717) is 5.92 Å². The molecule has 0 heterocycles. The van der Waals surface area contributed by atoms with Crippen LogP contribution < -0.4 is 0 Å². The molecule has 0 bridgehead atoms. The van der Waals surface area contributed by atoms with Crippen molar-refractivity contribution in [2.75, 3.05) is 7.11 Å². The van der Waals surface area contributed by atoms with E-state index in [1.54, 1.807) is 0 Å². The third-order valence-corrected chi connectivity index (χ3v) is 4.72. The van der Waals surface area contributed by atoms with Crippen LogP contribution in [-0.4, -0.2) is 13.1 Å². The molecule has 0 aliphatic heterocycles. The van der Waals surface area contributed by atoms with Crippen molar-refractivity contribution in [1.29, 1.82) is 0 Å². The van der Waals surface area contributed by atoms with Crippen molar-refractivity contribution in [1.82, 2.24) is 0 Å². The molecule has 2 unspecified atom stereocenters. The zero-order valence-electron chi connectivity index (χ0n) is 11.2. The molecule has 3 rings (SSSR count). The quantitative estimate of drug-likeness (QED) is 0.747. The number of methoxy groups -OCH3 is 1. The summed E-state index contributed by atoms with van der Waals surface area (Å²) in [6.45, 7) is 2.14. The molecule has 2 heteroatoms. The molecule has 1 saturated carbocycles. The molecular formula is C16H20O2. The fraction of sp³-hybridized carbons (Fsp3) is 0.562. The van der Waals surface area contributed by atoms with Crippen molar-refractivity contribution in [3.05, 3.63) is 34.9 Å². The molecule has 2 atom stereocenters. The predicted molar refractivity (Wildman–Crippen MR) is 70.6 cm³/mol. The van der Waals surface area contributed by atoms with Gasteiger partial charge >= 0.3 is 5.97 Å². The van der Waals surface area contributed by atoms with E-state index < -0.39 is 0 Å². The van der Waals surface area contributed by atoms with E-state index >= 15 is 0 Å². The molecule has 96 valence electrons. The average Bonchev–Trinajstić information content (AvgIpc) is 3.10. The van der Waals surface area contributed by atoms with Crippen molar-refractivity contribution in [2.45, 2.75) is 44.4 Å². The van der Waals surface area contributed by atoms with Crippen LogP contribution in [0, 0.1) is 5.92 Å². The lowest BCUT2D eigenvalue weighted by Gasteiger charge is -2.20. The molecule has 2 nitrogen and oxygen atoms in total. The fourth-order valence-corrected chi connectivity index (χ4v) is 3.42. The number of hydrogen-bond donors (Lipinski definition) is 0. The lowest BCUT2D eigenvalue weighted by molar-refractivity contribution is -0.144. The highest BCUT2D eigenvalue weighted by Gasteiger charge is 2.59. The number of aryl methyl sites for hydroxylation is 2. The maximum atomic E-state index is 12.1. The summed E-state index contributed by atoms with van der Waals surface area (Å²) in [6, 6.07) is 6.62. The van der Waals surface area contributed by atoms with E-state index in [9.17, 15) is 4.79 Å². The zero-order chi connectivity index (χ0) is 12.8. The molecule has 1 aromatic rings. The van der Waals surface area contributed by atoms with Crippen molar-refractivity contribution in [2.24, 2.45) is 5.92 Å². The van der Waals surface area contributed by atoms with Crippen LogP contribution in [0.3, 0.4) is 0 Å². The maximum Gasteiger partial charge on any atom is 0.316 e. The largest absolute Gasteiger partial charge is 0.468 e. The Morgan fingerprint density at radius 1 is 1.28 bits per heavy atom. The standard InChI is InChI=1S/C16H20O2/c1-11-10-16(11,15(17)18-2)14-8-7-12-5-3-4-6-13(12)9-14/h7-9,11H,3-6,10H2,1-2H3. The van der Waals surface area contributed by atoms with E-state index in [2.05, 4.69) is 25.1 Å². The molecule has 1 fully saturated rings. The summed E-state index contributed by atoms with van der Waals surface area (Å²) < 4.78 is 5.01. The van der Waals surface area contributed by atoms with Crippen LogP contribution in [0.4, 0.5) is 0 Å². The van der Waals surface area contributed by atoms with Gasteiger partial charge in [-0.25, -0.2) is 0 Å². The predicted octanol–water partition coefficient (Wildman–Crippen LogP) is 3.02.